The quantitative estimate of drug-likeness (QED) is 0.793. The van der Waals surface area contributed by atoms with E-state index in [0.717, 1.165) is 0 Å². The molecule has 0 fully saturated rings. The Morgan fingerprint density at radius 2 is 2.11 bits per heavy atom. The number of aryl methyl sites for hydroxylation is 1. The van der Waals surface area contributed by atoms with Gasteiger partial charge in [0.1, 0.15) is 5.82 Å². The standard InChI is InChI=1S/C12H14BrFN2O3/c1-6-3-8(13)9(14)4-10(6)16-12(19)15-5-7(2)11(17)18/h3-4,7H,5H2,1-2H3,(H,17,18)(H2,15,16,19). The molecule has 5 nitrogen and oxygen atoms in total. The average molecular weight is 333 g/mol. The van der Waals surface area contributed by atoms with E-state index in [9.17, 15) is 14.0 Å². The van der Waals surface area contributed by atoms with Crippen LogP contribution in [-0.2, 0) is 4.79 Å². The minimum Gasteiger partial charge on any atom is -0.481 e. The number of hydrogen-bond acceptors (Lipinski definition) is 2. The lowest BCUT2D eigenvalue weighted by atomic mass is 10.2. The number of nitrogens with one attached hydrogen (secondary N) is 2. The fourth-order valence-corrected chi connectivity index (χ4v) is 1.74. The number of carbonyl (C=O) groups excluding carboxylic acids is 1. The van der Waals surface area contributed by atoms with E-state index in [2.05, 4.69) is 26.6 Å². The van der Waals surface area contributed by atoms with Crippen LogP contribution < -0.4 is 10.6 Å². The molecule has 0 radical (unpaired) electrons. The lowest BCUT2D eigenvalue weighted by molar-refractivity contribution is -0.140. The first kappa shape index (κ1) is 15.4. The van der Waals surface area contributed by atoms with Crippen LogP contribution in [0.25, 0.3) is 0 Å². The molecule has 104 valence electrons. The van der Waals surface area contributed by atoms with Crippen molar-refractivity contribution in [1.29, 1.82) is 0 Å². The molecule has 0 aromatic heterocycles. The molecule has 1 aromatic rings. The van der Waals surface area contributed by atoms with Gasteiger partial charge in [-0.05, 0) is 40.5 Å². The molecular weight excluding hydrogens is 319 g/mol. The minimum atomic E-state index is -0.994. The third-order valence-corrected chi connectivity index (χ3v) is 3.11. The van der Waals surface area contributed by atoms with E-state index in [1.165, 1.54) is 13.0 Å². The summed E-state index contributed by atoms with van der Waals surface area (Å²) in [6.45, 7) is 3.20. The zero-order valence-electron chi connectivity index (χ0n) is 10.5. The normalized spacial score (nSPS) is 11.8. The number of anilines is 1. The zero-order chi connectivity index (χ0) is 14.6. The molecule has 0 aliphatic heterocycles. The maximum Gasteiger partial charge on any atom is 0.319 e. The van der Waals surface area contributed by atoms with Gasteiger partial charge in [-0.15, -0.1) is 0 Å². The average Bonchev–Trinajstić information content (AvgIpc) is 2.32. The van der Waals surface area contributed by atoms with E-state index < -0.39 is 23.7 Å². The summed E-state index contributed by atoms with van der Waals surface area (Å²) in [5, 5.41) is 13.5. The van der Waals surface area contributed by atoms with Crippen molar-refractivity contribution in [2.75, 3.05) is 11.9 Å². The number of amides is 2. The Labute approximate surface area is 118 Å². The third-order valence-electron chi connectivity index (χ3n) is 2.51. The number of halogens is 2. The molecular formula is C12H14BrFN2O3. The van der Waals surface area contributed by atoms with Gasteiger partial charge in [0, 0.05) is 12.2 Å². The monoisotopic (exact) mass is 332 g/mol. The highest BCUT2D eigenvalue weighted by Crippen LogP contribution is 2.23. The number of rotatable bonds is 4. The van der Waals surface area contributed by atoms with Gasteiger partial charge in [-0.2, -0.15) is 0 Å². The number of urea groups is 1. The van der Waals surface area contributed by atoms with Crippen molar-refractivity contribution in [2.24, 2.45) is 5.92 Å². The van der Waals surface area contributed by atoms with Crippen LogP contribution in [0.15, 0.2) is 16.6 Å². The molecule has 7 heteroatoms. The molecule has 1 unspecified atom stereocenters. The Balaban J connectivity index is 2.62. The van der Waals surface area contributed by atoms with Crippen LogP contribution in [0.5, 0.6) is 0 Å². The van der Waals surface area contributed by atoms with Crippen LogP contribution >= 0.6 is 15.9 Å². The van der Waals surface area contributed by atoms with Crippen LogP contribution in [0.3, 0.4) is 0 Å². The summed E-state index contributed by atoms with van der Waals surface area (Å²) in [6.07, 6.45) is 0. The second kappa shape index (κ2) is 6.51. The highest BCUT2D eigenvalue weighted by Gasteiger charge is 2.13. The van der Waals surface area contributed by atoms with Crippen molar-refractivity contribution in [3.63, 3.8) is 0 Å². The number of benzene rings is 1. The smallest absolute Gasteiger partial charge is 0.319 e. The number of carbonyl (C=O) groups is 2. The van der Waals surface area contributed by atoms with Gasteiger partial charge in [-0.3, -0.25) is 4.79 Å². The highest BCUT2D eigenvalue weighted by molar-refractivity contribution is 9.10. The van der Waals surface area contributed by atoms with Crippen LogP contribution in [0, 0.1) is 18.7 Å². The number of carboxylic acids is 1. The molecule has 0 spiro atoms. The Bertz CT molecular complexity index is 508. The molecule has 0 aliphatic rings. The molecule has 0 saturated heterocycles. The predicted octanol–water partition coefficient (Wildman–Crippen LogP) is 2.74. The van der Waals surface area contributed by atoms with Gasteiger partial charge in [0.2, 0.25) is 0 Å². The second-order valence-electron chi connectivity index (χ2n) is 4.16. The highest BCUT2D eigenvalue weighted by atomic mass is 79.9. The van der Waals surface area contributed by atoms with Crippen LogP contribution in [-0.4, -0.2) is 23.7 Å². The summed E-state index contributed by atoms with van der Waals surface area (Å²) in [6, 6.07) is 2.17. The van der Waals surface area contributed by atoms with E-state index in [4.69, 9.17) is 5.11 Å². The molecule has 2 amide bonds. The summed E-state index contributed by atoms with van der Waals surface area (Å²) < 4.78 is 13.6. The summed E-state index contributed by atoms with van der Waals surface area (Å²) >= 11 is 3.04. The van der Waals surface area contributed by atoms with Crippen LogP contribution in [0.1, 0.15) is 12.5 Å². The Hall–Kier alpha value is -1.63. The van der Waals surface area contributed by atoms with Crippen molar-refractivity contribution in [3.8, 4) is 0 Å². The van der Waals surface area contributed by atoms with E-state index >= 15 is 0 Å². The van der Waals surface area contributed by atoms with Gasteiger partial charge < -0.3 is 15.7 Å². The molecule has 19 heavy (non-hydrogen) atoms. The van der Waals surface area contributed by atoms with Gasteiger partial charge in [0.15, 0.2) is 0 Å². The minimum absolute atomic E-state index is 0.000769. The number of carboxylic acid groups (broad SMARTS) is 1. The molecule has 0 saturated carbocycles. The largest absolute Gasteiger partial charge is 0.481 e. The van der Waals surface area contributed by atoms with Crippen molar-refractivity contribution < 1.29 is 19.1 Å². The zero-order valence-corrected chi connectivity index (χ0v) is 12.0. The van der Waals surface area contributed by atoms with Gasteiger partial charge in [-0.1, -0.05) is 6.92 Å². The maximum atomic E-state index is 13.3. The van der Waals surface area contributed by atoms with Crippen LogP contribution in [0.2, 0.25) is 0 Å². The summed E-state index contributed by atoms with van der Waals surface area (Å²) in [4.78, 5) is 22.1. The Morgan fingerprint density at radius 1 is 1.47 bits per heavy atom. The van der Waals surface area contributed by atoms with Gasteiger partial charge in [0.25, 0.3) is 0 Å². The molecule has 1 atom stereocenters. The first-order valence-corrected chi connectivity index (χ1v) is 6.34. The molecule has 3 N–H and O–H groups in total. The van der Waals surface area contributed by atoms with E-state index in [1.807, 2.05) is 0 Å². The van der Waals surface area contributed by atoms with Crippen LogP contribution in [0.4, 0.5) is 14.9 Å². The Morgan fingerprint density at radius 3 is 2.68 bits per heavy atom. The van der Waals surface area contributed by atoms with Gasteiger partial charge >= 0.3 is 12.0 Å². The number of aliphatic carboxylic acids is 1. The molecule has 0 bridgehead atoms. The summed E-state index contributed by atoms with van der Waals surface area (Å²) in [7, 11) is 0. The topological polar surface area (TPSA) is 78.4 Å². The summed E-state index contributed by atoms with van der Waals surface area (Å²) in [5.41, 5.74) is 1.02. The van der Waals surface area contributed by atoms with E-state index in [1.54, 1.807) is 13.0 Å². The fourth-order valence-electron chi connectivity index (χ4n) is 1.28. The van der Waals surface area contributed by atoms with Gasteiger partial charge in [0.05, 0.1) is 10.4 Å². The van der Waals surface area contributed by atoms with E-state index in [-0.39, 0.29) is 6.54 Å². The third kappa shape index (κ3) is 4.51. The first-order valence-electron chi connectivity index (χ1n) is 5.54. The lowest BCUT2D eigenvalue weighted by Crippen LogP contribution is -2.34. The molecule has 1 rings (SSSR count). The first-order chi connectivity index (χ1) is 8.81. The fraction of sp³-hybridized carbons (Fsp3) is 0.333. The van der Waals surface area contributed by atoms with E-state index in [0.29, 0.717) is 15.7 Å². The molecule has 0 aliphatic carbocycles. The number of hydrogen-bond donors (Lipinski definition) is 3. The predicted molar refractivity (Wildman–Crippen MR) is 72.7 cm³/mol. The van der Waals surface area contributed by atoms with Gasteiger partial charge in [-0.25, -0.2) is 9.18 Å². The lowest BCUT2D eigenvalue weighted by Gasteiger charge is -2.12. The maximum absolute atomic E-state index is 13.3. The Kier molecular flexibility index (Phi) is 5.29. The SMILES string of the molecule is Cc1cc(Br)c(F)cc1NC(=O)NCC(C)C(=O)O. The molecule has 1 aromatic carbocycles. The molecule has 0 heterocycles. The van der Waals surface area contributed by atoms with Crippen molar-refractivity contribution in [3.05, 3.63) is 28.0 Å². The second-order valence-corrected chi connectivity index (χ2v) is 5.01. The van der Waals surface area contributed by atoms with Crippen molar-refractivity contribution in [2.45, 2.75) is 13.8 Å². The summed E-state index contributed by atoms with van der Waals surface area (Å²) in [5.74, 6) is -2.17. The van der Waals surface area contributed by atoms with Crippen molar-refractivity contribution in [1.82, 2.24) is 5.32 Å². The van der Waals surface area contributed by atoms with Crippen molar-refractivity contribution >= 4 is 33.6 Å².